The fourth-order valence-electron chi connectivity index (χ4n) is 5.39. The third-order valence-electron chi connectivity index (χ3n) is 5.69. The quantitative estimate of drug-likeness (QED) is 0.438. The lowest BCUT2D eigenvalue weighted by molar-refractivity contribution is -0.195. The first-order valence-electron chi connectivity index (χ1n) is 6.31. The van der Waals surface area contributed by atoms with Gasteiger partial charge < -0.3 is 0 Å². The molecule has 0 amide bonds. The molecule has 0 aromatic heterocycles. The summed E-state index contributed by atoms with van der Waals surface area (Å²) in [6.07, 6.45) is 2.94. The smallest absolute Gasteiger partial charge is 0.171 e. The molecule has 3 fully saturated rings. The number of halogens is 3. The highest BCUT2D eigenvalue weighted by atomic mass is 19.4. The second kappa shape index (κ2) is 2.68. The van der Waals surface area contributed by atoms with Gasteiger partial charge in [-0.05, 0) is 54.8 Å². The van der Waals surface area contributed by atoms with Gasteiger partial charge in [0, 0.05) is 0 Å². The van der Waals surface area contributed by atoms with Crippen LogP contribution in [-0.4, -0.2) is 6.18 Å². The van der Waals surface area contributed by atoms with Crippen molar-refractivity contribution < 1.29 is 13.2 Å². The summed E-state index contributed by atoms with van der Waals surface area (Å²) < 4.78 is 38.7. The van der Waals surface area contributed by atoms with Crippen LogP contribution in [0.15, 0.2) is 12.2 Å². The van der Waals surface area contributed by atoms with E-state index in [9.17, 15) is 13.2 Å². The molecule has 7 atom stereocenters. The molecule has 0 aliphatic heterocycles. The first kappa shape index (κ1) is 9.55. The zero-order valence-electron chi connectivity index (χ0n) is 8.95. The van der Waals surface area contributed by atoms with E-state index in [1.54, 1.807) is 0 Å². The molecule has 16 heavy (non-hydrogen) atoms. The van der Waals surface area contributed by atoms with Crippen molar-refractivity contribution in [3.05, 3.63) is 12.2 Å². The van der Waals surface area contributed by atoms with Crippen LogP contribution in [0, 0.1) is 41.4 Å². The average molecular weight is 228 g/mol. The van der Waals surface area contributed by atoms with Gasteiger partial charge in [0.2, 0.25) is 0 Å². The minimum Gasteiger partial charge on any atom is -0.171 e. The summed E-state index contributed by atoms with van der Waals surface area (Å²) >= 11 is 0. The van der Waals surface area contributed by atoms with Crippen molar-refractivity contribution in [2.45, 2.75) is 25.4 Å². The monoisotopic (exact) mass is 228 g/mol. The molecule has 0 heterocycles. The van der Waals surface area contributed by atoms with Crippen LogP contribution in [0.4, 0.5) is 13.2 Å². The number of alkyl halides is 3. The highest BCUT2D eigenvalue weighted by Crippen LogP contribution is 2.68. The van der Waals surface area contributed by atoms with Crippen LogP contribution in [0.1, 0.15) is 19.3 Å². The lowest BCUT2D eigenvalue weighted by Crippen LogP contribution is -2.37. The molecule has 0 N–H and O–H groups in total. The molecule has 88 valence electrons. The molecule has 0 spiro atoms. The molecular weight excluding hydrogens is 213 g/mol. The Kier molecular flexibility index (Phi) is 1.60. The molecular formula is C13H15F3. The molecule has 0 aromatic carbocycles. The van der Waals surface area contributed by atoms with Crippen LogP contribution in [-0.2, 0) is 0 Å². The first-order valence-corrected chi connectivity index (χ1v) is 6.31. The van der Waals surface area contributed by atoms with E-state index in [0.717, 1.165) is 12.8 Å². The van der Waals surface area contributed by atoms with Crippen molar-refractivity contribution >= 4 is 0 Å². The number of allylic oxidation sites excluding steroid dienone is 2. The minimum absolute atomic E-state index is 0.0463. The Morgan fingerprint density at radius 2 is 1.56 bits per heavy atom. The summed E-state index contributed by atoms with van der Waals surface area (Å²) in [4.78, 5) is 0. The molecule has 0 aromatic rings. The third kappa shape index (κ3) is 0.981. The van der Waals surface area contributed by atoms with E-state index in [0.29, 0.717) is 36.0 Å². The van der Waals surface area contributed by atoms with Crippen LogP contribution < -0.4 is 0 Å². The second-order valence-electron chi connectivity index (χ2n) is 6.15. The van der Waals surface area contributed by atoms with Gasteiger partial charge in [0.05, 0.1) is 5.92 Å². The standard InChI is InChI=1S/C13H15F3/c14-13(15,16)10-5-8-4-9(10)12-7-2-1-6(3-7)11(8)12/h1-2,6-12H,3-5H2. The highest BCUT2D eigenvalue weighted by Gasteiger charge is 2.65. The Bertz CT molecular complexity index is 357. The lowest BCUT2D eigenvalue weighted by Gasteiger charge is -2.37. The van der Waals surface area contributed by atoms with Gasteiger partial charge in [-0.15, -0.1) is 0 Å². The molecule has 4 bridgehead atoms. The highest BCUT2D eigenvalue weighted by molar-refractivity contribution is 5.21. The largest absolute Gasteiger partial charge is 0.392 e. The van der Waals surface area contributed by atoms with Crippen LogP contribution in [0.25, 0.3) is 0 Å². The van der Waals surface area contributed by atoms with Gasteiger partial charge in [0.1, 0.15) is 0 Å². The van der Waals surface area contributed by atoms with Gasteiger partial charge in [0.15, 0.2) is 0 Å². The first-order chi connectivity index (χ1) is 7.55. The zero-order valence-corrected chi connectivity index (χ0v) is 8.95. The molecule has 4 rings (SSSR count). The number of fused-ring (bicyclic) bond motifs is 9. The Hall–Kier alpha value is -0.470. The van der Waals surface area contributed by atoms with Crippen LogP contribution in [0.2, 0.25) is 0 Å². The summed E-state index contributed by atoms with van der Waals surface area (Å²) in [7, 11) is 0. The molecule has 0 radical (unpaired) electrons. The van der Waals surface area contributed by atoms with Crippen molar-refractivity contribution in [1.29, 1.82) is 0 Å². The van der Waals surface area contributed by atoms with Crippen LogP contribution >= 0.6 is 0 Å². The van der Waals surface area contributed by atoms with Gasteiger partial charge in [0.25, 0.3) is 0 Å². The Balaban J connectivity index is 1.68. The van der Waals surface area contributed by atoms with Gasteiger partial charge in [-0.2, -0.15) is 13.2 Å². The van der Waals surface area contributed by atoms with Gasteiger partial charge >= 0.3 is 6.18 Å². The maximum atomic E-state index is 12.9. The number of hydrogen-bond acceptors (Lipinski definition) is 0. The maximum absolute atomic E-state index is 12.9. The predicted octanol–water partition coefficient (Wildman–Crippen LogP) is 3.64. The van der Waals surface area contributed by atoms with Gasteiger partial charge in [-0.25, -0.2) is 0 Å². The topological polar surface area (TPSA) is 0 Å². The van der Waals surface area contributed by atoms with E-state index in [4.69, 9.17) is 0 Å². The van der Waals surface area contributed by atoms with Crippen molar-refractivity contribution in [1.82, 2.24) is 0 Å². The number of hydrogen-bond donors (Lipinski definition) is 0. The zero-order chi connectivity index (χ0) is 11.1. The van der Waals surface area contributed by atoms with E-state index in [1.807, 2.05) is 0 Å². The normalized spacial score (nSPS) is 57.3. The van der Waals surface area contributed by atoms with Crippen molar-refractivity contribution in [3.8, 4) is 0 Å². The summed E-state index contributed by atoms with van der Waals surface area (Å²) in [6, 6.07) is 0. The second-order valence-corrected chi connectivity index (χ2v) is 6.15. The molecule has 4 aliphatic rings. The Morgan fingerprint density at radius 3 is 2.25 bits per heavy atom. The maximum Gasteiger partial charge on any atom is 0.392 e. The van der Waals surface area contributed by atoms with Crippen LogP contribution in [0.3, 0.4) is 0 Å². The van der Waals surface area contributed by atoms with Gasteiger partial charge in [-0.1, -0.05) is 12.2 Å². The summed E-state index contributed by atoms with van der Waals surface area (Å²) in [5.74, 6) is 1.44. The lowest BCUT2D eigenvalue weighted by atomic mass is 9.69. The fraction of sp³-hybridized carbons (Fsp3) is 0.846. The van der Waals surface area contributed by atoms with Crippen molar-refractivity contribution in [2.75, 3.05) is 0 Å². The van der Waals surface area contributed by atoms with E-state index in [1.165, 1.54) is 0 Å². The van der Waals surface area contributed by atoms with E-state index in [-0.39, 0.29) is 5.92 Å². The summed E-state index contributed by atoms with van der Waals surface area (Å²) in [5, 5.41) is 0. The van der Waals surface area contributed by atoms with Crippen LogP contribution in [0.5, 0.6) is 0 Å². The van der Waals surface area contributed by atoms with E-state index in [2.05, 4.69) is 12.2 Å². The van der Waals surface area contributed by atoms with Crippen molar-refractivity contribution in [2.24, 2.45) is 41.4 Å². The van der Waals surface area contributed by atoms with E-state index < -0.39 is 12.1 Å². The molecule has 0 saturated heterocycles. The average Bonchev–Trinajstić information content (AvgIpc) is 2.94. The summed E-state index contributed by atoms with van der Waals surface area (Å²) in [6.45, 7) is 0. The third-order valence-corrected chi connectivity index (χ3v) is 5.69. The molecule has 3 saturated carbocycles. The number of rotatable bonds is 0. The molecule has 4 aliphatic carbocycles. The van der Waals surface area contributed by atoms with Crippen molar-refractivity contribution in [3.63, 3.8) is 0 Å². The Labute approximate surface area is 92.9 Å². The SMILES string of the molecule is FC(F)(F)C1CC2CC1C1C3C=CC(C3)C21. The van der Waals surface area contributed by atoms with E-state index >= 15 is 0 Å². The molecule has 0 nitrogen and oxygen atoms in total. The minimum atomic E-state index is -3.95. The summed E-state index contributed by atoms with van der Waals surface area (Å²) in [5.41, 5.74) is 0. The fourth-order valence-corrected chi connectivity index (χ4v) is 5.39. The molecule has 7 unspecified atom stereocenters. The molecule has 3 heteroatoms. The predicted molar refractivity (Wildman–Crippen MR) is 53.5 cm³/mol. The van der Waals surface area contributed by atoms with Gasteiger partial charge in [-0.3, -0.25) is 0 Å². The Morgan fingerprint density at radius 1 is 0.875 bits per heavy atom.